The van der Waals surface area contributed by atoms with Gasteiger partial charge in [-0.15, -0.1) is 0 Å². The average Bonchev–Trinajstić information content (AvgIpc) is 3.22. The molecule has 27 heavy (non-hydrogen) atoms. The van der Waals surface area contributed by atoms with Gasteiger partial charge in [-0.25, -0.2) is 0 Å². The minimum Gasteiger partial charge on any atom is -0.447 e. The highest BCUT2D eigenvalue weighted by atomic mass is 32.1. The minimum absolute atomic E-state index is 0.135. The summed E-state index contributed by atoms with van der Waals surface area (Å²) < 4.78 is 43.4. The van der Waals surface area contributed by atoms with Gasteiger partial charge < -0.3 is 15.0 Å². The number of carbonyl (C=O) groups excluding carboxylic acids is 1. The van der Waals surface area contributed by atoms with Crippen LogP contribution in [0.15, 0.2) is 36.4 Å². The molecule has 0 aliphatic carbocycles. The van der Waals surface area contributed by atoms with E-state index in [1.54, 1.807) is 24.3 Å². The van der Waals surface area contributed by atoms with Gasteiger partial charge in [-0.05, 0) is 61.7 Å². The Morgan fingerprint density at radius 2 is 1.93 bits per heavy atom. The number of hydrogen-bond donors (Lipinski definition) is 1. The van der Waals surface area contributed by atoms with Crippen molar-refractivity contribution in [3.8, 4) is 10.8 Å². The second-order valence-electron chi connectivity index (χ2n) is 7.06. The van der Waals surface area contributed by atoms with Crippen LogP contribution in [0, 0.1) is 5.92 Å². The summed E-state index contributed by atoms with van der Waals surface area (Å²) in [6.45, 7) is 3.14. The average molecular weight is 396 g/mol. The lowest BCUT2D eigenvalue weighted by atomic mass is 9.96. The fourth-order valence-electron chi connectivity index (χ4n) is 3.75. The van der Waals surface area contributed by atoms with Crippen molar-refractivity contribution in [3.63, 3.8) is 0 Å². The molecule has 2 bridgehead atoms. The molecule has 1 aromatic carbocycles. The number of piperidine rings is 1. The van der Waals surface area contributed by atoms with Gasteiger partial charge in [0.1, 0.15) is 10.6 Å². The molecule has 3 unspecified atom stereocenters. The van der Waals surface area contributed by atoms with E-state index in [4.69, 9.17) is 4.74 Å². The Morgan fingerprint density at radius 1 is 1.15 bits per heavy atom. The third kappa shape index (κ3) is 4.27. The number of amides is 1. The van der Waals surface area contributed by atoms with Crippen molar-refractivity contribution in [2.45, 2.75) is 25.1 Å². The molecule has 144 valence electrons. The summed E-state index contributed by atoms with van der Waals surface area (Å²) in [6, 6.07) is 8.89. The maximum absolute atomic E-state index is 12.6. The van der Waals surface area contributed by atoms with E-state index < -0.39 is 11.1 Å². The van der Waals surface area contributed by atoms with Crippen LogP contribution in [0.25, 0.3) is 0 Å². The molecule has 0 radical (unpaired) electrons. The lowest BCUT2D eigenvalue weighted by molar-refractivity contribution is -0.134. The summed E-state index contributed by atoms with van der Waals surface area (Å²) in [4.78, 5) is 14.1. The van der Waals surface area contributed by atoms with E-state index in [1.807, 2.05) is 0 Å². The first-order valence-electron chi connectivity index (χ1n) is 8.85. The summed E-state index contributed by atoms with van der Waals surface area (Å²) >= 11 is 0.544. The number of nitrogens with one attached hydrogen (secondary N) is 1. The van der Waals surface area contributed by atoms with E-state index in [0.29, 0.717) is 28.6 Å². The van der Waals surface area contributed by atoms with Crippen molar-refractivity contribution in [3.05, 3.63) is 46.8 Å². The zero-order chi connectivity index (χ0) is 19.0. The summed E-state index contributed by atoms with van der Waals surface area (Å²) in [5.74, 6) is 0.931. The van der Waals surface area contributed by atoms with Crippen LogP contribution in [0.4, 0.5) is 13.2 Å². The molecule has 2 saturated heterocycles. The van der Waals surface area contributed by atoms with Crippen molar-refractivity contribution in [1.82, 2.24) is 10.2 Å². The maximum Gasteiger partial charge on any atom is 0.425 e. The van der Waals surface area contributed by atoms with E-state index in [1.165, 1.54) is 12.5 Å². The number of halogens is 3. The molecule has 4 nitrogen and oxygen atoms in total. The fourth-order valence-corrected chi connectivity index (χ4v) is 4.49. The van der Waals surface area contributed by atoms with Crippen LogP contribution >= 0.6 is 11.3 Å². The van der Waals surface area contributed by atoms with Crippen LogP contribution in [0.1, 0.15) is 28.1 Å². The van der Waals surface area contributed by atoms with Gasteiger partial charge in [0.05, 0.1) is 0 Å². The third-order valence-electron chi connectivity index (χ3n) is 5.00. The second kappa shape index (κ2) is 7.16. The highest BCUT2D eigenvalue weighted by molar-refractivity contribution is 7.13. The quantitative estimate of drug-likeness (QED) is 0.834. The summed E-state index contributed by atoms with van der Waals surface area (Å²) in [5.41, 5.74) is 0.512. The summed E-state index contributed by atoms with van der Waals surface area (Å²) in [7, 11) is 0. The predicted octanol–water partition coefficient (Wildman–Crippen LogP) is 4.38. The summed E-state index contributed by atoms with van der Waals surface area (Å²) in [6.07, 6.45) is -2.15. The monoisotopic (exact) mass is 396 g/mol. The second-order valence-corrected chi connectivity index (χ2v) is 8.11. The molecular formula is C19H19F3N2O2S. The first kappa shape index (κ1) is 18.3. The maximum atomic E-state index is 12.6. The van der Waals surface area contributed by atoms with Gasteiger partial charge in [0, 0.05) is 24.7 Å². The predicted molar refractivity (Wildman–Crippen MR) is 96.3 cm³/mol. The van der Waals surface area contributed by atoms with Crippen molar-refractivity contribution in [2.75, 3.05) is 19.6 Å². The van der Waals surface area contributed by atoms with E-state index in [2.05, 4.69) is 10.2 Å². The van der Waals surface area contributed by atoms with Crippen LogP contribution in [0.2, 0.25) is 0 Å². The first-order valence-corrected chi connectivity index (χ1v) is 9.66. The number of hydrogen-bond acceptors (Lipinski definition) is 4. The van der Waals surface area contributed by atoms with Crippen LogP contribution in [0.3, 0.4) is 0 Å². The van der Waals surface area contributed by atoms with Gasteiger partial charge in [-0.3, -0.25) is 4.79 Å². The number of nitrogens with zero attached hydrogens (tertiary/aromatic N) is 1. The Kier molecular flexibility index (Phi) is 4.86. The van der Waals surface area contributed by atoms with Gasteiger partial charge in [0.15, 0.2) is 5.06 Å². The van der Waals surface area contributed by atoms with Crippen LogP contribution < -0.4 is 10.1 Å². The Balaban J connectivity index is 1.35. The molecule has 1 amide bonds. The number of carbonyl (C=O) groups is 1. The number of ether oxygens (including phenoxy) is 1. The first-order chi connectivity index (χ1) is 12.9. The molecule has 3 heterocycles. The molecule has 1 N–H and O–H groups in total. The molecular weight excluding hydrogens is 377 g/mol. The largest absolute Gasteiger partial charge is 0.447 e. The highest BCUT2D eigenvalue weighted by Crippen LogP contribution is 2.39. The number of benzene rings is 1. The molecule has 1 aromatic heterocycles. The molecule has 2 fully saturated rings. The van der Waals surface area contributed by atoms with E-state index in [9.17, 15) is 18.0 Å². The Bertz CT molecular complexity index is 807. The highest BCUT2D eigenvalue weighted by Gasteiger charge is 2.33. The van der Waals surface area contributed by atoms with Gasteiger partial charge in [0.2, 0.25) is 0 Å². The molecule has 8 heteroatoms. The fraction of sp³-hybridized carbons (Fsp3) is 0.421. The molecule has 0 saturated carbocycles. The zero-order valence-corrected chi connectivity index (χ0v) is 15.3. The Hall–Kier alpha value is -2.06. The van der Waals surface area contributed by atoms with Gasteiger partial charge >= 0.3 is 6.18 Å². The van der Waals surface area contributed by atoms with Crippen molar-refractivity contribution in [1.29, 1.82) is 0 Å². The van der Waals surface area contributed by atoms with Crippen molar-refractivity contribution < 1.29 is 22.7 Å². The zero-order valence-electron chi connectivity index (χ0n) is 14.5. The summed E-state index contributed by atoms with van der Waals surface area (Å²) in [5, 5.41) is 3.24. The Morgan fingerprint density at radius 3 is 2.59 bits per heavy atom. The SMILES string of the molecule is O=C(NC1CC2CCN(C2)C1)c1ccc(Oc2ccc(C(F)(F)F)s2)cc1. The Labute approximate surface area is 158 Å². The number of fused-ring (bicyclic) bond motifs is 2. The molecule has 2 aliphatic rings. The molecule has 2 aliphatic heterocycles. The van der Waals surface area contributed by atoms with Crippen LogP contribution in [-0.4, -0.2) is 36.5 Å². The molecule has 4 rings (SSSR count). The topological polar surface area (TPSA) is 41.6 Å². The smallest absolute Gasteiger partial charge is 0.425 e. The van der Waals surface area contributed by atoms with Gasteiger partial charge in [0.25, 0.3) is 5.91 Å². The van der Waals surface area contributed by atoms with Crippen LogP contribution in [-0.2, 0) is 6.18 Å². The van der Waals surface area contributed by atoms with E-state index >= 15 is 0 Å². The standard InChI is InChI=1S/C19H19F3N2O2S/c20-19(21,22)16-5-6-17(27-16)26-15-3-1-13(2-4-15)18(25)23-14-9-12-7-8-24(10-12)11-14/h1-6,12,14H,7-11H2,(H,23,25). The minimum atomic E-state index is -4.37. The van der Waals surface area contributed by atoms with E-state index in [0.717, 1.165) is 32.1 Å². The van der Waals surface area contributed by atoms with Crippen molar-refractivity contribution in [2.24, 2.45) is 5.92 Å². The van der Waals surface area contributed by atoms with Gasteiger partial charge in [-0.1, -0.05) is 11.3 Å². The molecule has 3 atom stereocenters. The molecule has 2 aromatic rings. The number of thiophene rings is 1. The number of rotatable bonds is 4. The van der Waals surface area contributed by atoms with Gasteiger partial charge in [-0.2, -0.15) is 13.2 Å². The lowest BCUT2D eigenvalue weighted by Crippen LogP contribution is -2.46. The number of alkyl halides is 3. The van der Waals surface area contributed by atoms with E-state index in [-0.39, 0.29) is 17.0 Å². The normalized spacial score (nSPS) is 24.6. The van der Waals surface area contributed by atoms with Crippen molar-refractivity contribution >= 4 is 17.2 Å². The lowest BCUT2D eigenvalue weighted by Gasteiger charge is -2.30. The third-order valence-corrected chi connectivity index (χ3v) is 6.01. The van der Waals surface area contributed by atoms with Crippen LogP contribution in [0.5, 0.6) is 10.8 Å². The molecule has 0 spiro atoms.